The minimum Gasteiger partial charge on any atom is -0.493 e. The summed E-state index contributed by atoms with van der Waals surface area (Å²) < 4.78 is 16.9. The normalized spacial score (nSPS) is 12.0. The maximum absolute atomic E-state index is 11.9. The number of carbonyl (C=O) groups excluding carboxylic acids is 1. The van der Waals surface area contributed by atoms with Gasteiger partial charge in [-0.05, 0) is 56.0 Å². The highest BCUT2D eigenvalue weighted by Gasteiger charge is 2.20. The molecule has 7 heteroatoms. The van der Waals surface area contributed by atoms with Crippen molar-refractivity contribution < 1.29 is 18.8 Å². The summed E-state index contributed by atoms with van der Waals surface area (Å²) in [5.41, 5.74) is 5.57. The van der Waals surface area contributed by atoms with Crippen LogP contribution in [0.25, 0.3) is 22.2 Å². The van der Waals surface area contributed by atoms with Crippen molar-refractivity contribution in [3.05, 3.63) is 76.3 Å². The number of hydrogen-bond donors (Lipinski definition) is 0. The van der Waals surface area contributed by atoms with Crippen LogP contribution in [0.4, 0.5) is 0 Å². The monoisotopic (exact) mass is 537 g/mol. The van der Waals surface area contributed by atoms with Gasteiger partial charge in [0.15, 0.2) is 5.58 Å². The standard InChI is InChI=1S/C30H32ClNO4S/c1-5-10-23-25(15-13-24-28(32-36-29(23)24)21-11-7-6-8-12-21)35-17-9-18-37-26-16-14-22(19(2)27(26)31)20(3)30(33)34-4/h6-8,11-16,20H,5,9-10,17-18H2,1-4H3. The number of benzene rings is 3. The zero-order chi connectivity index (χ0) is 26.4. The van der Waals surface area contributed by atoms with Crippen LogP contribution in [0.15, 0.2) is 64.0 Å². The third kappa shape index (κ3) is 5.97. The number of aryl methyl sites for hydroxylation is 1. The van der Waals surface area contributed by atoms with Gasteiger partial charge >= 0.3 is 5.97 Å². The number of nitrogens with zero attached hydrogens (tertiary/aromatic N) is 1. The topological polar surface area (TPSA) is 61.6 Å². The van der Waals surface area contributed by atoms with Gasteiger partial charge in [-0.15, -0.1) is 11.8 Å². The second-order valence-corrected chi connectivity index (χ2v) is 10.5. The number of hydrogen-bond acceptors (Lipinski definition) is 6. The molecule has 4 aromatic rings. The van der Waals surface area contributed by atoms with Gasteiger partial charge in [0.2, 0.25) is 0 Å². The number of thioether (sulfide) groups is 1. The van der Waals surface area contributed by atoms with E-state index in [0.717, 1.165) is 74.6 Å². The van der Waals surface area contributed by atoms with Gasteiger partial charge in [-0.25, -0.2) is 0 Å². The lowest BCUT2D eigenvalue weighted by atomic mass is 9.96. The summed E-state index contributed by atoms with van der Waals surface area (Å²) in [4.78, 5) is 12.9. The fourth-order valence-electron chi connectivity index (χ4n) is 4.45. The molecule has 0 aliphatic carbocycles. The average molecular weight is 538 g/mol. The smallest absolute Gasteiger partial charge is 0.312 e. The van der Waals surface area contributed by atoms with Crippen LogP contribution in [-0.4, -0.2) is 30.6 Å². The van der Waals surface area contributed by atoms with E-state index in [1.165, 1.54) is 7.11 Å². The largest absolute Gasteiger partial charge is 0.493 e. The van der Waals surface area contributed by atoms with E-state index in [1.807, 2.05) is 68.4 Å². The van der Waals surface area contributed by atoms with Crippen LogP contribution in [0.2, 0.25) is 5.02 Å². The molecule has 5 nitrogen and oxygen atoms in total. The Morgan fingerprint density at radius 2 is 1.92 bits per heavy atom. The predicted octanol–water partition coefficient (Wildman–Crippen LogP) is 8.25. The fourth-order valence-corrected chi connectivity index (χ4v) is 5.71. The Balaban J connectivity index is 1.40. The van der Waals surface area contributed by atoms with Crippen molar-refractivity contribution in [3.8, 4) is 17.0 Å². The lowest BCUT2D eigenvalue weighted by Gasteiger charge is -2.16. The van der Waals surface area contributed by atoms with Gasteiger partial charge in [-0.1, -0.05) is 66.5 Å². The van der Waals surface area contributed by atoms with Gasteiger partial charge in [0, 0.05) is 21.8 Å². The van der Waals surface area contributed by atoms with E-state index in [4.69, 9.17) is 25.6 Å². The molecule has 0 saturated heterocycles. The summed E-state index contributed by atoms with van der Waals surface area (Å²) in [6, 6.07) is 18.1. The summed E-state index contributed by atoms with van der Waals surface area (Å²) in [6.45, 7) is 6.52. The molecule has 0 radical (unpaired) electrons. The fraction of sp³-hybridized carbons (Fsp3) is 0.333. The van der Waals surface area contributed by atoms with Gasteiger partial charge in [0.05, 0.1) is 30.0 Å². The predicted molar refractivity (Wildman–Crippen MR) is 151 cm³/mol. The Hall–Kier alpha value is -2.96. The molecule has 1 unspecified atom stereocenters. The number of methoxy groups -OCH3 is 1. The quantitative estimate of drug-likeness (QED) is 0.109. The van der Waals surface area contributed by atoms with Crippen molar-refractivity contribution in [2.75, 3.05) is 19.5 Å². The highest BCUT2D eigenvalue weighted by Crippen LogP contribution is 2.37. The summed E-state index contributed by atoms with van der Waals surface area (Å²) >= 11 is 8.33. The molecular weight excluding hydrogens is 506 g/mol. The Labute approximate surface area is 227 Å². The second kappa shape index (κ2) is 12.5. The van der Waals surface area contributed by atoms with Gasteiger partial charge in [-0.2, -0.15) is 0 Å². The molecule has 0 spiro atoms. The summed E-state index contributed by atoms with van der Waals surface area (Å²) in [5.74, 6) is 1.10. The minimum absolute atomic E-state index is 0.265. The van der Waals surface area contributed by atoms with Crippen LogP contribution < -0.4 is 4.74 Å². The molecule has 1 aromatic heterocycles. The Morgan fingerprint density at radius 3 is 2.65 bits per heavy atom. The molecule has 1 atom stereocenters. The zero-order valence-corrected chi connectivity index (χ0v) is 23.2. The van der Waals surface area contributed by atoms with Gasteiger partial charge in [0.1, 0.15) is 11.4 Å². The van der Waals surface area contributed by atoms with E-state index in [2.05, 4.69) is 12.1 Å². The molecule has 194 valence electrons. The summed E-state index contributed by atoms with van der Waals surface area (Å²) in [5, 5.41) is 6.06. The van der Waals surface area contributed by atoms with E-state index in [0.29, 0.717) is 11.6 Å². The number of rotatable bonds is 11. The number of carbonyl (C=O) groups is 1. The van der Waals surface area contributed by atoms with Crippen molar-refractivity contribution in [3.63, 3.8) is 0 Å². The lowest BCUT2D eigenvalue weighted by Crippen LogP contribution is -2.12. The van der Waals surface area contributed by atoms with Gasteiger partial charge in [-0.3, -0.25) is 4.79 Å². The van der Waals surface area contributed by atoms with E-state index in [9.17, 15) is 4.79 Å². The van der Waals surface area contributed by atoms with Crippen molar-refractivity contribution in [1.82, 2.24) is 5.16 Å². The minimum atomic E-state index is -0.349. The Bertz CT molecular complexity index is 1370. The number of fused-ring (bicyclic) bond motifs is 1. The molecule has 0 aliphatic rings. The van der Waals surface area contributed by atoms with Crippen molar-refractivity contribution in [2.24, 2.45) is 0 Å². The first kappa shape index (κ1) is 27.1. The zero-order valence-electron chi connectivity index (χ0n) is 21.7. The number of ether oxygens (including phenoxy) is 2. The second-order valence-electron chi connectivity index (χ2n) is 8.95. The summed E-state index contributed by atoms with van der Waals surface area (Å²) in [7, 11) is 1.40. The molecule has 0 bridgehead atoms. The highest BCUT2D eigenvalue weighted by atomic mass is 35.5. The molecule has 37 heavy (non-hydrogen) atoms. The third-order valence-corrected chi connectivity index (χ3v) is 8.21. The maximum atomic E-state index is 11.9. The van der Waals surface area contributed by atoms with E-state index < -0.39 is 0 Å². The van der Waals surface area contributed by atoms with E-state index in [1.54, 1.807) is 11.8 Å². The Kier molecular flexibility index (Phi) is 9.17. The SMILES string of the molecule is CCCc1c(OCCCSc2ccc(C(C)C(=O)OC)c(C)c2Cl)ccc2c(-c3ccccc3)noc12. The molecule has 0 amide bonds. The molecule has 0 saturated carbocycles. The average Bonchev–Trinajstić information content (AvgIpc) is 3.36. The third-order valence-electron chi connectivity index (χ3n) is 6.47. The molecule has 4 rings (SSSR count). The highest BCUT2D eigenvalue weighted by molar-refractivity contribution is 7.99. The first-order valence-electron chi connectivity index (χ1n) is 12.5. The first-order valence-corrected chi connectivity index (χ1v) is 13.9. The lowest BCUT2D eigenvalue weighted by molar-refractivity contribution is -0.142. The van der Waals surface area contributed by atoms with Crippen LogP contribution in [-0.2, 0) is 16.0 Å². The van der Waals surface area contributed by atoms with Crippen LogP contribution in [0.5, 0.6) is 5.75 Å². The number of halogens is 1. The van der Waals surface area contributed by atoms with E-state index in [-0.39, 0.29) is 11.9 Å². The van der Waals surface area contributed by atoms with Crippen molar-refractivity contribution >= 4 is 40.3 Å². The molecule has 1 heterocycles. The molecule has 0 aliphatic heterocycles. The molecule has 0 fully saturated rings. The van der Waals surface area contributed by atoms with Crippen LogP contribution in [0.3, 0.4) is 0 Å². The van der Waals surface area contributed by atoms with Crippen LogP contribution >= 0.6 is 23.4 Å². The van der Waals surface area contributed by atoms with Crippen molar-refractivity contribution in [2.45, 2.75) is 50.8 Å². The molecule has 3 aromatic carbocycles. The van der Waals surface area contributed by atoms with Gasteiger partial charge in [0.25, 0.3) is 0 Å². The van der Waals surface area contributed by atoms with Gasteiger partial charge < -0.3 is 14.0 Å². The van der Waals surface area contributed by atoms with Crippen LogP contribution in [0.1, 0.15) is 49.3 Å². The maximum Gasteiger partial charge on any atom is 0.312 e. The van der Waals surface area contributed by atoms with E-state index >= 15 is 0 Å². The van der Waals surface area contributed by atoms with Crippen molar-refractivity contribution in [1.29, 1.82) is 0 Å². The number of aromatic nitrogens is 1. The van der Waals surface area contributed by atoms with Crippen LogP contribution in [0, 0.1) is 6.92 Å². The Morgan fingerprint density at radius 1 is 1.14 bits per heavy atom. The molecule has 0 N–H and O–H groups in total. The molecular formula is C30H32ClNO4S. The number of esters is 1. The first-order chi connectivity index (χ1) is 18.0. The summed E-state index contributed by atoms with van der Waals surface area (Å²) in [6.07, 6.45) is 2.70.